The van der Waals surface area contributed by atoms with Crippen molar-refractivity contribution in [3.05, 3.63) is 27.7 Å². The van der Waals surface area contributed by atoms with E-state index in [0.717, 1.165) is 11.8 Å². The van der Waals surface area contributed by atoms with Crippen molar-refractivity contribution in [3.8, 4) is 5.75 Å². The largest absolute Gasteiger partial charge is 0.493 e. The first-order valence-electron chi connectivity index (χ1n) is 8.53. The quantitative estimate of drug-likeness (QED) is 0.468. The molecule has 1 rings (SSSR count). The molecule has 1 aromatic rings. The van der Waals surface area contributed by atoms with Crippen molar-refractivity contribution in [2.75, 3.05) is 20.3 Å². The van der Waals surface area contributed by atoms with Crippen LogP contribution in [-0.2, 0) is 9.47 Å². The molecule has 7 heteroatoms. The molecular weight excluding hydrogens is 402 g/mol. The lowest BCUT2D eigenvalue weighted by Gasteiger charge is -2.23. The second kappa shape index (κ2) is 10.5. The number of aryl methyl sites for hydroxylation is 1. The fourth-order valence-electron chi connectivity index (χ4n) is 2.34. The minimum absolute atomic E-state index is 0.173. The molecule has 0 aliphatic rings. The van der Waals surface area contributed by atoms with E-state index < -0.39 is 11.7 Å². The molecule has 1 N–H and O–H groups in total. The van der Waals surface area contributed by atoms with Crippen LogP contribution in [-0.4, -0.2) is 44.3 Å². The first kappa shape index (κ1) is 22.4. The lowest BCUT2D eigenvalue weighted by molar-refractivity contribution is 0.0461. The minimum atomic E-state index is -0.547. The third kappa shape index (κ3) is 8.19. The number of alkyl carbamates (subject to hydrolysis) is 1. The second-order valence-corrected chi connectivity index (χ2v) is 7.92. The van der Waals surface area contributed by atoms with Gasteiger partial charge in [-0.25, -0.2) is 4.79 Å². The number of amides is 1. The van der Waals surface area contributed by atoms with Crippen LogP contribution in [0.15, 0.2) is 16.6 Å². The topological polar surface area (TPSA) is 73.9 Å². The number of carbonyl (C=O) groups excluding carboxylic acids is 2. The normalized spacial score (nSPS) is 12.4. The maximum absolute atomic E-state index is 11.9. The highest BCUT2D eigenvalue weighted by atomic mass is 79.9. The first-order chi connectivity index (χ1) is 12.2. The monoisotopic (exact) mass is 429 g/mol. The van der Waals surface area contributed by atoms with Gasteiger partial charge in [0, 0.05) is 11.6 Å². The summed E-state index contributed by atoms with van der Waals surface area (Å²) in [5.41, 5.74) is 0.950. The van der Waals surface area contributed by atoms with Crippen molar-refractivity contribution in [3.63, 3.8) is 0 Å². The Morgan fingerprint density at radius 1 is 1.35 bits per heavy atom. The molecule has 1 atom stereocenters. The van der Waals surface area contributed by atoms with E-state index >= 15 is 0 Å². The molecule has 6 nitrogen and oxygen atoms in total. The Kier molecular flexibility index (Phi) is 9.08. The molecule has 26 heavy (non-hydrogen) atoms. The lowest BCUT2D eigenvalue weighted by Crippen LogP contribution is -2.41. The zero-order chi connectivity index (χ0) is 19.7. The Balaban J connectivity index is 2.53. The summed E-state index contributed by atoms with van der Waals surface area (Å²) in [7, 11) is 1.58. The van der Waals surface area contributed by atoms with Crippen LogP contribution in [0.25, 0.3) is 0 Å². The molecule has 0 saturated carbocycles. The maximum atomic E-state index is 11.9. The van der Waals surface area contributed by atoms with Gasteiger partial charge in [0.25, 0.3) is 0 Å². The van der Waals surface area contributed by atoms with Crippen LogP contribution >= 0.6 is 15.9 Å². The summed E-state index contributed by atoms with van der Waals surface area (Å²) >= 11 is 3.37. The SMILES string of the molecule is COC[C@@H](CCCOc1cc(C)cc(Br)c1C=O)NC(=O)OC(C)(C)C. The smallest absolute Gasteiger partial charge is 0.407 e. The van der Waals surface area contributed by atoms with Gasteiger partial charge in [0.2, 0.25) is 0 Å². The van der Waals surface area contributed by atoms with Gasteiger partial charge in [0.15, 0.2) is 6.29 Å². The third-order valence-corrected chi connectivity index (χ3v) is 4.05. The number of ether oxygens (including phenoxy) is 3. The Hall–Kier alpha value is -1.60. The van der Waals surface area contributed by atoms with Crippen molar-refractivity contribution in [1.82, 2.24) is 5.32 Å². The van der Waals surface area contributed by atoms with Gasteiger partial charge in [-0.3, -0.25) is 4.79 Å². The van der Waals surface area contributed by atoms with E-state index in [9.17, 15) is 9.59 Å². The average molecular weight is 430 g/mol. The van der Waals surface area contributed by atoms with Crippen LogP contribution in [0.5, 0.6) is 5.75 Å². The predicted molar refractivity (Wildman–Crippen MR) is 104 cm³/mol. The summed E-state index contributed by atoms with van der Waals surface area (Å²) in [6.45, 7) is 8.19. The van der Waals surface area contributed by atoms with Crippen molar-refractivity contribution in [2.24, 2.45) is 0 Å². The molecule has 0 saturated heterocycles. The van der Waals surface area contributed by atoms with Crippen LogP contribution in [0.3, 0.4) is 0 Å². The van der Waals surface area contributed by atoms with Crippen molar-refractivity contribution in [1.29, 1.82) is 0 Å². The van der Waals surface area contributed by atoms with Gasteiger partial charge in [-0.05, 0) is 74.2 Å². The van der Waals surface area contributed by atoms with Crippen molar-refractivity contribution >= 4 is 28.3 Å². The summed E-state index contributed by atoms with van der Waals surface area (Å²) in [4.78, 5) is 23.1. The second-order valence-electron chi connectivity index (χ2n) is 7.07. The van der Waals surface area contributed by atoms with E-state index in [1.165, 1.54) is 0 Å². The highest BCUT2D eigenvalue weighted by Gasteiger charge is 2.19. The van der Waals surface area contributed by atoms with Crippen LogP contribution < -0.4 is 10.1 Å². The van der Waals surface area contributed by atoms with E-state index in [2.05, 4.69) is 21.2 Å². The zero-order valence-corrected chi connectivity index (χ0v) is 17.6. The molecule has 0 unspecified atom stereocenters. The fourth-order valence-corrected chi connectivity index (χ4v) is 2.99. The summed E-state index contributed by atoms with van der Waals surface area (Å²) in [5.74, 6) is 0.551. The molecule has 0 aliphatic heterocycles. The van der Waals surface area contributed by atoms with E-state index in [-0.39, 0.29) is 6.04 Å². The maximum Gasteiger partial charge on any atom is 0.407 e. The number of halogens is 1. The van der Waals surface area contributed by atoms with Gasteiger partial charge in [-0.1, -0.05) is 0 Å². The highest BCUT2D eigenvalue weighted by Crippen LogP contribution is 2.27. The minimum Gasteiger partial charge on any atom is -0.493 e. The van der Waals surface area contributed by atoms with Gasteiger partial charge < -0.3 is 19.5 Å². The number of methoxy groups -OCH3 is 1. The van der Waals surface area contributed by atoms with E-state index in [1.54, 1.807) is 7.11 Å². The highest BCUT2D eigenvalue weighted by molar-refractivity contribution is 9.10. The Morgan fingerprint density at radius 2 is 2.04 bits per heavy atom. The van der Waals surface area contributed by atoms with E-state index in [0.29, 0.717) is 41.8 Å². The zero-order valence-electron chi connectivity index (χ0n) is 16.1. The molecular formula is C19H28BrNO5. The van der Waals surface area contributed by atoms with Crippen LogP contribution in [0.1, 0.15) is 49.5 Å². The number of carbonyl (C=O) groups is 2. The molecule has 1 amide bonds. The van der Waals surface area contributed by atoms with Crippen molar-refractivity contribution in [2.45, 2.75) is 52.2 Å². The van der Waals surface area contributed by atoms with Gasteiger partial charge in [0.1, 0.15) is 11.4 Å². The molecule has 0 bridgehead atoms. The Labute approximate surface area is 163 Å². The van der Waals surface area contributed by atoms with Crippen LogP contribution in [0.4, 0.5) is 4.79 Å². The molecule has 146 valence electrons. The van der Waals surface area contributed by atoms with E-state index in [1.807, 2.05) is 39.8 Å². The van der Waals surface area contributed by atoms with Gasteiger partial charge in [-0.2, -0.15) is 0 Å². The average Bonchev–Trinajstić information content (AvgIpc) is 2.49. The summed E-state index contributed by atoms with van der Waals surface area (Å²) < 4.78 is 16.9. The number of aldehydes is 1. The molecule has 0 spiro atoms. The summed E-state index contributed by atoms with van der Waals surface area (Å²) in [5, 5.41) is 2.81. The molecule has 0 aromatic heterocycles. The standard InChI is InChI=1S/C19H28BrNO5/c1-13-9-16(20)15(11-22)17(10-13)25-8-6-7-14(12-24-5)21-18(23)26-19(2,3)4/h9-11,14H,6-8,12H2,1-5H3,(H,21,23)/t14-/m1/s1. The number of rotatable bonds is 9. The summed E-state index contributed by atoms with van der Waals surface area (Å²) in [6, 6.07) is 3.53. The van der Waals surface area contributed by atoms with Crippen molar-refractivity contribution < 1.29 is 23.8 Å². The number of hydrogen-bond acceptors (Lipinski definition) is 5. The Bertz CT molecular complexity index is 613. The van der Waals surface area contributed by atoms with Gasteiger partial charge >= 0.3 is 6.09 Å². The summed E-state index contributed by atoms with van der Waals surface area (Å²) in [6.07, 6.45) is 1.66. The molecule has 0 aliphatic carbocycles. The molecule has 0 heterocycles. The molecule has 0 radical (unpaired) electrons. The van der Waals surface area contributed by atoms with E-state index in [4.69, 9.17) is 14.2 Å². The predicted octanol–water partition coefficient (Wildman–Crippen LogP) is 4.27. The fraction of sp³-hybridized carbons (Fsp3) is 0.579. The lowest BCUT2D eigenvalue weighted by atomic mass is 10.1. The number of hydrogen-bond donors (Lipinski definition) is 1. The third-order valence-electron chi connectivity index (χ3n) is 3.40. The van der Waals surface area contributed by atoms with Crippen LogP contribution in [0.2, 0.25) is 0 Å². The van der Waals surface area contributed by atoms with Gasteiger partial charge in [-0.15, -0.1) is 0 Å². The Morgan fingerprint density at radius 3 is 2.62 bits per heavy atom. The first-order valence-corrected chi connectivity index (χ1v) is 9.32. The number of benzene rings is 1. The van der Waals surface area contributed by atoms with Gasteiger partial charge in [0.05, 0.1) is 24.8 Å². The molecule has 0 fully saturated rings. The number of nitrogens with one attached hydrogen (secondary N) is 1. The van der Waals surface area contributed by atoms with Crippen LogP contribution in [0, 0.1) is 6.92 Å². The molecule has 1 aromatic carbocycles.